The second kappa shape index (κ2) is 7.76. The topological polar surface area (TPSA) is 98.5 Å². The molecule has 0 atom stereocenters. The lowest BCUT2D eigenvalue weighted by atomic mass is 10.2. The van der Waals surface area contributed by atoms with E-state index in [2.05, 4.69) is 5.32 Å². The summed E-state index contributed by atoms with van der Waals surface area (Å²) >= 11 is 11.6. The lowest BCUT2D eigenvalue weighted by molar-refractivity contribution is -0.384. The number of nitro groups is 1. The van der Waals surface area contributed by atoms with Crippen molar-refractivity contribution >= 4 is 46.5 Å². The summed E-state index contributed by atoms with van der Waals surface area (Å²) < 4.78 is 4.85. The Kier molecular flexibility index (Phi) is 5.73. The number of benzene rings is 2. The number of amides is 1. The summed E-state index contributed by atoms with van der Waals surface area (Å²) in [7, 11) is 0. The second-order valence-corrected chi connectivity index (χ2v) is 5.46. The summed E-state index contributed by atoms with van der Waals surface area (Å²) in [5, 5.41) is 13.6. The number of nitrogens with one attached hydrogen (secondary N) is 1. The molecule has 0 unspecified atom stereocenters. The summed E-state index contributed by atoms with van der Waals surface area (Å²) in [6.45, 7) is -0.564. The van der Waals surface area contributed by atoms with E-state index in [1.165, 1.54) is 42.5 Å². The van der Waals surface area contributed by atoms with Crippen molar-refractivity contribution < 1.29 is 19.2 Å². The Balaban J connectivity index is 1.94. The Hall–Kier alpha value is -2.64. The van der Waals surface area contributed by atoms with Crippen LogP contribution in [0.4, 0.5) is 11.4 Å². The highest BCUT2D eigenvalue weighted by molar-refractivity contribution is 6.35. The summed E-state index contributed by atoms with van der Waals surface area (Å²) in [5.41, 5.74) is 0.157. The van der Waals surface area contributed by atoms with Crippen molar-refractivity contribution in [3.05, 3.63) is 68.2 Å². The summed E-state index contributed by atoms with van der Waals surface area (Å²) in [6.07, 6.45) is 0. The Morgan fingerprint density at radius 1 is 1.12 bits per heavy atom. The first-order chi connectivity index (χ1) is 11.3. The smallest absolute Gasteiger partial charge is 0.338 e. The number of esters is 1. The molecule has 7 nitrogen and oxygen atoms in total. The molecule has 0 heterocycles. The van der Waals surface area contributed by atoms with Crippen molar-refractivity contribution in [2.45, 2.75) is 0 Å². The predicted molar refractivity (Wildman–Crippen MR) is 88.5 cm³/mol. The molecule has 0 aliphatic heterocycles. The monoisotopic (exact) mass is 368 g/mol. The van der Waals surface area contributed by atoms with Crippen LogP contribution >= 0.6 is 23.2 Å². The van der Waals surface area contributed by atoms with E-state index in [-0.39, 0.29) is 27.0 Å². The van der Waals surface area contributed by atoms with Gasteiger partial charge in [0.25, 0.3) is 11.6 Å². The van der Waals surface area contributed by atoms with Gasteiger partial charge in [0.05, 0.1) is 10.5 Å². The highest BCUT2D eigenvalue weighted by Crippen LogP contribution is 2.20. The quantitative estimate of drug-likeness (QED) is 0.492. The number of ether oxygens (including phenoxy) is 1. The van der Waals surface area contributed by atoms with Gasteiger partial charge in [-0.05, 0) is 24.3 Å². The second-order valence-electron chi connectivity index (χ2n) is 4.59. The first kappa shape index (κ1) is 17.7. The number of nitrogens with zero attached hydrogens (tertiary/aromatic N) is 1. The third-order valence-corrected chi connectivity index (χ3v) is 3.21. The number of hydrogen-bond donors (Lipinski definition) is 1. The number of non-ortho nitro benzene ring substituents is 1. The number of nitro benzene ring substituents is 1. The predicted octanol–water partition coefficient (Wildman–Crippen LogP) is 3.70. The Morgan fingerprint density at radius 3 is 2.42 bits per heavy atom. The molecule has 0 fully saturated rings. The molecule has 2 aromatic rings. The van der Waals surface area contributed by atoms with Crippen molar-refractivity contribution in [2.24, 2.45) is 0 Å². The number of anilines is 1. The highest BCUT2D eigenvalue weighted by atomic mass is 35.5. The van der Waals surface area contributed by atoms with E-state index in [4.69, 9.17) is 27.9 Å². The van der Waals surface area contributed by atoms with Crippen LogP contribution in [-0.2, 0) is 9.53 Å². The molecule has 0 aliphatic rings. The van der Waals surface area contributed by atoms with Crippen molar-refractivity contribution in [1.29, 1.82) is 0 Å². The molecule has 24 heavy (non-hydrogen) atoms. The number of carbonyl (C=O) groups excluding carboxylic acids is 2. The SMILES string of the molecule is O=C(COC(=O)c1cc(Cl)cc(Cl)c1)Nc1cccc([N+](=O)[O-])c1. The van der Waals surface area contributed by atoms with Gasteiger partial charge in [0, 0.05) is 27.9 Å². The molecule has 1 N–H and O–H groups in total. The van der Waals surface area contributed by atoms with Gasteiger partial charge in [-0.1, -0.05) is 29.3 Å². The van der Waals surface area contributed by atoms with Gasteiger partial charge in [0.1, 0.15) is 0 Å². The van der Waals surface area contributed by atoms with Crippen LogP contribution in [0.5, 0.6) is 0 Å². The molecule has 0 aromatic heterocycles. The zero-order valence-corrected chi connectivity index (χ0v) is 13.5. The molecule has 1 amide bonds. The number of halogens is 2. The molecule has 2 aromatic carbocycles. The molecule has 124 valence electrons. The number of hydrogen-bond acceptors (Lipinski definition) is 5. The van der Waals surface area contributed by atoms with Crippen LogP contribution in [0.1, 0.15) is 10.4 Å². The standard InChI is InChI=1S/C15H10Cl2N2O5/c16-10-4-9(5-11(17)6-10)15(21)24-8-14(20)18-12-2-1-3-13(7-12)19(22)23/h1-7H,8H2,(H,18,20). The van der Waals surface area contributed by atoms with E-state index in [1.807, 2.05) is 0 Å². The van der Waals surface area contributed by atoms with Gasteiger partial charge < -0.3 is 10.1 Å². The molecule has 2 rings (SSSR count). The van der Waals surface area contributed by atoms with Gasteiger partial charge in [-0.25, -0.2) is 4.79 Å². The Labute approximate surface area is 146 Å². The van der Waals surface area contributed by atoms with Crippen molar-refractivity contribution in [3.8, 4) is 0 Å². The Bertz CT molecular complexity index is 790. The summed E-state index contributed by atoms with van der Waals surface area (Å²) in [4.78, 5) is 33.7. The first-order valence-corrected chi connectivity index (χ1v) is 7.28. The minimum Gasteiger partial charge on any atom is -0.452 e. The summed E-state index contributed by atoms with van der Waals surface area (Å²) in [5.74, 6) is -1.41. The molecular formula is C15H10Cl2N2O5. The zero-order valence-electron chi connectivity index (χ0n) is 12.0. The van der Waals surface area contributed by atoms with Gasteiger partial charge >= 0.3 is 5.97 Å². The fraction of sp³-hybridized carbons (Fsp3) is 0.0667. The van der Waals surface area contributed by atoms with E-state index in [9.17, 15) is 19.7 Å². The average Bonchev–Trinajstić information content (AvgIpc) is 2.52. The third-order valence-electron chi connectivity index (χ3n) is 2.77. The number of rotatable bonds is 5. The van der Waals surface area contributed by atoms with Crippen molar-refractivity contribution in [1.82, 2.24) is 0 Å². The minimum absolute atomic E-state index is 0.107. The van der Waals surface area contributed by atoms with Gasteiger partial charge in [-0.2, -0.15) is 0 Å². The van der Waals surface area contributed by atoms with E-state index in [1.54, 1.807) is 0 Å². The number of carbonyl (C=O) groups is 2. The molecular weight excluding hydrogens is 359 g/mol. The molecule has 0 saturated heterocycles. The Morgan fingerprint density at radius 2 is 1.79 bits per heavy atom. The van der Waals surface area contributed by atoms with Crippen LogP contribution in [0.15, 0.2) is 42.5 Å². The van der Waals surface area contributed by atoms with E-state index in [0.29, 0.717) is 0 Å². The molecule has 0 saturated carbocycles. The van der Waals surface area contributed by atoms with Crippen LogP contribution in [0, 0.1) is 10.1 Å². The maximum atomic E-state index is 11.8. The minimum atomic E-state index is -0.770. The van der Waals surface area contributed by atoms with E-state index < -0.39 is 23.4 Å². The lowest BCUT2D eigenvalue weighted by Crippen LogP contribution is -2.21. The fourth-order valence-corrected chi connectivity index (χ4v) is 2.31. The lowest BCUT2D eigenvalue weighted by Gasteiger charge is -2.07. The summed E-state index contributed by atoms with van der Waals surface area (Å²) in [6, 6.07) is 9.55. The molecule has 9 heteroatoms. The highest BCUT2D eigenvalue weighted by Gasteiger charge is 2.13. The van der Waals surface area contributed by atoms with E-state index in [0.717, 1.165) is 0 Å². The third kappa shape index (κ3) is 4.94. The zero-order chi connectivity index (χ0) is 17.7. The van der Waals surface area contributed by atoms with Crippen LogP contribution in [-0.4, -0.2) is 23.4 Å². The van der Waals surface area contributed by atoms with Crippen molar-refractivity contribution in [2.75, 3.05) is 11.9 Å². The average molecular weight is 369 g/mol. The van der Waals surface area contributed by atoms with Crippen LogP contribution in [0.25, 0.3) is 0 Å². The van der Waals surface area contributed by atoms with Crippen LogP contribution < -0.4 is 5.32 Å². The molecule has 0 radical (unpaired) electrons. The van der Waals surface area contributed by atoms with E-state index >= 15 is 0 Å². The molecule has 0 bridgehead atoms. The van der Waals surface area contributed by atoms with Gasteiger partial charge in [-0.15, -0.1) is 0 Å². The largest absolute Gasteiger partial charge is 0.452 e. The fourth-order valence-electron chi connectivity index (χ4n) is 1.78. The van der Waals surface area contributed by atoms with Gasteiger partial charge in [-0.3, -0.25) is 14.9 Å². The molecule has 0 spiro atoms. The maximum Gasteiger partial charge on any atom is 0.338 e. The first-order valence-electron chi connectivity index (χ1n) is 6.52. The van der Waals surface area contributed by atoms with Crippen LogP contribution in [0.3, 0.4) is 0 Å². The maximum absolute atomic E-state index is 11.8. The van der Waals surface area contributed by atoms with Gasteiger partial charge in [0.15, 0.2) is 6.61 Å². The molecule has 0 aliphatic carbocycles. The van der Waals surface area contributed by atoms with Crippen LogP contribution in [0.2, 0.25) is 10.0 Å². The van der Waals surface area contributed by atoms with Crippen molar-refractivity contribution in [3.63, 3.8) is 0 Å². The van der Waals surface area contributed by atoms with Gasteiger partial charge in [0.2, 0.25) is 0 Å². The normalized spacial score (nSPS) is 10.1.